The normalized spacial score (nSPS) is 13.6. The average Bonchev–Trinajstić information content (AvgIpc) is 3.18. The lowest BCUT2D eigenvalue weighted by molar-refractivity contribution is -0.384. The predicted molar refractivity (Wildman–Crippen MR) is 107 cm³/mol. The fourth-order valence-electron chi connectivity index (χ4n) is 3.34. The number of piperidine rings is 1. The molecule has 1 saturated heterocycles. The molecule has 1 fully saturated rings. The molecule has 3 rings (SSSR count). The van der Waals surface area contributed by atoms with Gasteiger partial charge in [0.25, 0.3) is 17.5 Å². The number of benzene rings is 1. The highest BCUT2D eigenvalue weighted by atomic mass is 16.6. The number of nitrogens with one attached hydrogen (secondary N) is 1. The van der Waals surface area contributed by atoms with Gasteiger partial charge in [-0.2, -0.15) is 0 Å². The van der Waals surface area contributed by atoms with Gasteiger partial charge in [0, 0.05) is 32.4 Å². The van der Waals surface area contributed by atoms with Crippen molar-refractivity contribution in [3.05, 3.63) is 57.9 Å². The summed E-state index contributed by atoms with van der Waals surface area (Å²) in [6.07, 6.45) is 4.65. The van der Waals surface area contributed by atoms with Gasteiger partial charge in [-0.3, -0.25) is 25.0 Å². The number of amides is 2. The molecule has 1 aliphatic rings. The second-order valence-corrected chi connectivity index (χ2v) is 6.97. The Labute approximate surface area is 172 Å². The molecule has 10 nitrogen and oxygen atoms in total. The van der Waals surface area contributed by atoms with Crippen LogP contribution in [0.5, 0.6) is 0 Å². The summed E-state index contributed by atoms with van der Waals surface area (Å²) in [6, 6.07) is 7.31. The summed E-state index contributed by atoms with van der Waals surface area (Å²) < 4.78 is 6.45. The second kappa shape index (κ2) is 9.21. The van der Waals surface area contributed by atoms with Crippen molar-refractivity contribution in [2.75, 3.05) is 24.6 Å². The first-order valence-electron chi connectivity index (χ1n) is 9.53. The molecule has 2 heterocycles. The lowest BCUT2D eigenvalue weighted by Gasteiger charge is -2.28. The van der Waals surface area contributed by atoms with Crippen LogP contribution in [0.3, 0.4) is 0 Å². The molecule has 0 aliphatic carbocycles. The minimum absolute atomic E-state index is 0.0379. The average molecular weight is 414 g/mol. The van der Waals surface area contributed by atoms with E-state index in [0.717, 1.165) is 38.4 Å². The molecule has 0 spiro atoms. The van der Waals surface area contributed by atoms with E-state index in [-0.39, 0.29) is 16.9 Å². The maximum Gasteiger partial charge on any atom is 0.338 e. The number of carbonyl (C=O) groups excluding carboxylic acids is 3. The number of hydrogen-bond donors (Lipinski definition) is 1. The predicted octanol–water partition coefficient (Wildman–Crippen LogP) is 2.04. The number of nitro benzene ring substituents is 1. The summed E-state index contributed by atoms with van der Waals surface area (Å²) in [5.74, 6) is -2.30. The first-order valence-corrected chi connectivity index (χ1v) is 9.53. The lowest BCUT2D eigenvalue weighted by atomic mass is 10.1. The number of esters is 1. The van der Waals surface area contributed by atoms with Crippen LogP contribution in [0.2, 0.25) is 0 Å². The van der Waals surface area contributed by atoms with Crippen molar-refractivity contribution in [1.29, 1.82) is 0 Å². The van der Waals surface area contributed by atoms with Crippen molar-refractivity contribution in [1.82, 2.24) is 9.88 Å². The van der Waals surface area contributed by atoms with Crippen molar-refractivity contribution in [2.24, 2.45) is 7.05 Å². The highest BCUT2D eigenvalue weighted by Gasteiger charge is 2.24. The first-order chi connectivity index (χ1) is 14.4. The van der Waals surface area contributed by atoms with Crippen LogP contribution in [-0.4, -0.2) is 47.0 Å². The first kappa shape index (κ1) is 21.0. The highest BCUT2D eigenvalue weighted by Crippen LogP contribution is 2.31. The van der Waals surface area contributed by atoms with Gasteiger partial charge in [0.05, 0.1) is 10.5 Å². The summed E-state index contributed by atoms with van der Waals surface area (Å²) in [5.41, 5.74) is 0.513. The number of anilines is 1. The van der Waals surface area contributed by atoms with Crippen molar-refractivity contribution < 1.29 is 24.0 Å². The van der Waals surface area contributed by atoms with Crippen LogP contribution in [-0.2, 0) is 16.6 Å². The minimum atomic E-state index is -0.884. The summed E-state index contributed by atoms with van der Waals surface area (Å²) >= 11 is 0. The molecule has 10 heteroatoms. The SMILES string of the molecule is Cn1cccc1C(=O)NC(=O)COC(=O)c1ccc(N2CCCCC2)c([N+](=O)[O-])c1. The Hall–Kier alpha value is -3.69. The van der Waals surface area contributed by atoms with Gasteiger partial charge in [-0.05, 0) is 43.5 Å². The van der Waals surface area contributed by atoms with Gasteiger partial charge >= 0.3 is 5.97 Å². The molecule has 1 aromatic carbocycles. The third kappa shape index (κ3) is 4.83. The van der Waals surface area contributed by atoms with E-state index >= 15 is 0 Å². The number of aryl methyl sites for hydroxylation is 1. The number of hydrogen-bond acceptors (Lipinski definition) is 7. The largest absolute Gasteiger partial charge is 0.452 e. The fourth-order valence-corrected chi connectivity index (χ4v) is 3.34. The van der Waals surface area contributed by atoms with E-state index in [1.54, 1.807) is 19.3 Å². The number of aromatic nitrogens is 1. The molecule has 0 atom stereocenters. The van der Waals surface area contributed by atoms with E-state index in [0.29, 0.717) is 5.69 Å². The molecule has 1 N–H and O–H groups in total. The number of rotatable bonds is 6. The second-order valence-electron chi connectivity index (χ2n) is 6.97. The Balaban J connectivity index is 1.62. The van der Waals surface area contributed by atoms with Gasteiger partial charge < -0.3 is 14.2 Å². The Morgan fingerprint density at radius 2 is 1.90 bits per heavy atom. The summed E-state index contributed by atoms with van der Waals surface area (Å²) in [7, 11) is 1.65. The van der Waals surface area contributed by atoms with Crippen LogP contribution in [0, 0.1) is 10.1 Å². The maximum absolute atomic E-state index is 12.3. The molecular formula is C20H22N4O6. The van der Waals surface area contributed by atoms with Gasteiger partial charge in [-0.1, -0.05) is 0 Å². The zero-order valence-corrected chi connectivity index (χ0v) is 16.5. The molecular weight excluding hydrogens is 392 g/mol. The Morgan fingerprint density at radius 3 is 2.53 bits per heavy atom. The standard InChI is InChI=1S/C20H22N4O6/c1-22-9-5-6-16(22)19(26)21-18(25)13-30-20(27)14-7-8-15(17(12-14)24(28)29)23-10-3-2-4-11-23/h5-9,12H,2-4,10-11,13H2,1H3,(H,21,25,26). The van der Waals surface area contributed by atoms with Gasteiger partial charge in [0.1, 0.15) is 11.4 Å². The van der Waals surface area contributed by atoms with Crippen LogP contribution in [0.1, 0.15) is 40.1 Å². The van der Waals surface area contributed by atoms with Gasteiger partial charge in [0.15, 0.2) is 6.61 Å². The Morgan fingerprint density at radius 1 is 1.17 bits per heavy atom. The van der Waals surface area contributed by atoms with E-state index in [4.69, 9.17) is 4.74 Å². The van der Waals surface area contributed by atoms with E-state index in [1.165, 1.54) is 22.8 Å². The molecule has 2 aromatic rings. The third-order valence-electron chi connectivity index (χ3n) is 4.87. The summed E-state index contributed by atoms with van der Waals surface area (Å²) in [5, 5.41) is 13.6. The molecule has 1 aliphatic heterocycles. The zero-order chi connectivity index (χ0) is 21.7. The van der Waals surface area contributed by atoms with E-state index in [9.17, 15) is 24.5 Å². The van der Waals surface area contributed by atoms with Crippen LogP contribution in [0.25, 0.3) is 0 Å². The van der Waals surface area contributed by atoms with Crippen molar-refractivity contribution in [3.63, 3.8) is 0 Å². The van der Waals surface area contributed by atoms with E-state index in [1.807, 2.05) is 4.90 Å². The maximum atomic E-state index is 12.3. The van der Waals surface area contributed by atoms with Crippen molar-refractivity contribution in [3.8, 4) is 0 Å². The Kier molecular flexibility index (Phi) is 6.45. The van der Waals surface area contributed by atoms with Crippen LogP contribution in [0.4, 0.5) is 11.4 Å². The molecule has 0 bridgehead atoms. The topological polar surface area (TPSA) is 124 Å². The third-order valence-corrected chi connectivity index (χ3v) is 4.87. The quantitative estimate of drug-likeness (QED) is 0.436. The van der Waals surface area contributed by atoms with Crippen LogP contribution in [0.15, 0.2) is 36.5 Å². The van der Waals surface area contributed by atoms with Crippen LogP contribution >= 0.6 is 0 Å². The van der Waals surface area contributed by atoms with Crippen molar-refractivity contribution in [2.45, 2.75) is 19.3 Å². The van der Waals surface area contributed by atoms with E-state index < -0.39 is 29.3 Å². The van der Waals surface area contributed by atoms with Gasteiger partial charge in [-0.25, -0.2) is 4.79 Å². The smallest absolute Gasteiger partial charge is 0.338 e. The molecule has 0 radical (unpaired) electrons. The molecule has 2 amide bonds. The van der Waals surface area contributed by atoms with Crippen molar-refractivity contribution >= 4 is 29.2 Å². The molecule has 1 aromatic heterocycles. The molecule has 0 unspecified atom stereocenters. The monoisotopic (exact) mass is 414 g/mol. The van der Waals surface area contributed by atoms with E-state index in [2.05, 4.69) is 5.32 Å². The lowest BCUT2D eigenvalue weighted by Crippen LogP contribution is -2.35. The Bertz CT molecular complexity index is 977. The minimum Gasteiger partial charge on any atom is -0.452 e. The number of carbonyl (C=O) groups is 3. The molecule has 0 saturated carbocycles. The summed E-state index contributed by atoms with van der Waals surface area (Å²) in [6.45, 7) is 0.761. The van der Waals surface area contributed by atoms with Gasteiger partial charge in [-0.15, -0.1) is 0 Å². The molecule has 30 heavy (non-hydrogen) atoms. The zero-order valence-electron chi connectivity index (χ0n) is 16.5. The van der Waals surface area contributed by atoms with Gasteiger partial charge in [0.2, 0.25) is 0 Å². The summed E-state index contributed by atoms with van der Waals surface area (Å²) in [4.78, 5) is 49.0. The number of imide groups is 1. The molecule has 158 valence electrons. The number of nitro groups is 1. The fraction of sp³-hybridized carbons (Fsp3) is 0.350. The van der Waals surface area contributed by atoms with Crippen LogP contribution < -0.4 is 10.2 Å². The highest BCUT2D eigenvalue weighted by molar-refractivity contribution is 6.04. The number of ether oxygens (including phenoxy) is 1. The number of nitrogens with zero attached hydrogens (tertiary/aromatic N) is 3.